The molecule has 1 aliphatic heterocycles. The lowest BCUT2D eigenvalue weighted by Gasteiger charge is -2.31. The van der Waals surface area contributed by atoms with Crippen molar-refractivity contribution in [1.82, 2.24) is 9.29 Å². The Kier molecular flexibility index (Phi) is 3.85. The van der Waals surface area contributed by atoms with Crippen molar-refractivity contribution < 1.29 is 8.42 Å². The van der Waals surface area contributed by atoms with Gasteiger partial charge in [0.2, 0.25) is 0 Å². The maximum atomic E-state index is 12.7. The van der Waals surface area contributed by atoms with Crippen LogP contribution in [0.5, 0.6) is 0 Å². The van der Waals surface area contributed by atoms with Crippen molar-refractivity contribution in [3.05, 3.63) is 66.1 Å². The van der Waals surface area contributed by atoms with Crippen LogP contribution < -0.4 is 5.32 Å². The van der Waals surface area contributed by atoms with Gasteiger partial charge in [-0.05, 0) is 30.7 Å². The van der Waals surface area contributed by atoms with Gasteiger partial charge in [0.05, 0.1) is 4.90 Å². The molecule has 1 aromatic carbocycles. The van der Waals surface area contributed by atoms with E-state index in [2.05, 4.69) is 10.3 Å². The van der Waals surface area contributed by atoms with E-state index in [1.165, 1.54) is 4.31 Å². The zero-order valence-corrected chi connectivity index (χ0v) is 13.0. The van der Waals surface area contributed by atoms with Crippen LogP contribution >= 0.6 is 0 Å². The zero-order chi connectivity index (χ0) is 15.6. The monoisotopic (exact) mass is 315 g/mol. The molecular formula is C16H17N3O2S. The Labute approximate surface area is 130 Å². The largest absolute Gasteiger partial charge is 0.345 e. The number of hydrogen-bond acceptors (Lipinski definition) is 4. The Morgan fingerprint density at radius 2 is 2.00 bits per heavy atom. The molecular weight excluding hydrogens is 298 g/mol. The van der Waals surface area contributed by atoms with Gasteiger partial charge in [-0.3, -0.25) is 4.31 Å². The van der Waals surface area contributed by atoms with Gasteiger partial charge in [0.25, 0.3) is 10.0 Å². The van der Waals surface area contributed by atoms with E-state index in [4.69, 9.17) is 0 Å². The Balaban J connectivity index is 1.99. The molecule has 0 spiro atoms. The fourth-order valence-corrected chi connectivity index (χ4v) is 4.28. The smallest absolute Gasteiger partial charge is 0.264 e. The molecule has 2 aromatic rings. The Bertz CT molecular complexity index is 801. The molecule has 22 heavy (non-hydrogen) atoms. The zero-order valence-electron chi connectivity index (χ0n) is 12.2. The van der Waals surface area contributed by atoms with Gasteiger partial charge in [-0.1, -0.05) is 24.3 Å². The summed E-state index contributed by atoms with van der Waals surface area (Å²) in [5.41, 5.74) is 1.54. The van der Waals surface area contributed by atoms with E-state index in [-0.39, 0.29) is 0 Å². The van der Waals surface area contributed by atoms with Gasteiger partial charge >= 0.3 is 0 Å². The first kappa shape index (κ1) is 14.6. The van der Waals surface area contributed by atoms with Crippen molar-refractivity contribution in [2.75, 3.05) is 11.9 Å². The molecule has 0 radical (unpaired) electrons. The second-order valence-electron chi connectivity index (χ2n) is 4.95. The van der Waals surface area contributed by atoms with Gasteiger partial charge in [0.1, 0.15) is 5.82 Å². The summed E-state index contributed by atoms with van der Waals surface area (Å²) in [5, 5.41) is 3.07. The summed E-state index contributed by atoms with van der Waals surface area (Å²) in [6, 6.07) is 12.7. The second-order valence-corrected chi connectivity index (χ2v) is 6.78. The van der Waals surface area contributed by atoms with E-state index >= 15 is 0 Å². The minimum absolute atomic E-state index is 0.395. The first-order valence-corrected chi connectivity index (χ1v) is 8.54. The maximum Gasteiger partial charge on any atom is 0.264 e. The van der Waals surface area contributed by atoms with E-state index in [9.17, 15) is 8.42 Å². The number of anilines is 1. The molecule has 3 rings (SSSR count). The second kappa shape index (κ2) is 5.81. The summed E-state index contributed by atoms with van der Waals surface area (Å²) in [5.74, 6) is 0.683. The number of sulfonamides is 1. The van der Waals surface area contributed by atoms with E-state index in [0.717, 1.165) is 5.56 Å². The number of nitrogens with zero attached hydrogens (tertiary/aromatic N) is 2. The maximum absolute atomic E-state index is 12.7. The number of rotatable bonds is 3. The third kappa shape index (κ3) is 2.57. The third-order valence-electron chi connectivity index (χ3n) is 3.57. The number of nitrogens with one attached hydrogen (secondary N) is 1. The molecule has 1 aromatic heterocycles. The predicted octanol–water partition coefficient (Wildman–Crippen LogP) is 2.60. The van der Waals surface area contributed by atoms with Crippen LogP contribution in [0.2, 0.25) is 0 Å². The van der Waals surface area contributed by atoms with Crippen LogP contribution in [0, 0.1) is 0 Å². The van der Waals surface area contributed by atoms with Crippen molar-refractivity contribution in [3.8, 4) is 0 Å². The van der Waals surface area contributed by atoms with Gasteiger partial charge in [-0.25, -0.2) is 13.4 Å². The molecule has 5 nitrogen and oxygen atoms in total. The van der Waals surface area contributed by atoms with Gasteiger partial charge in [-0.15, -0.1) is 0 Å². The normalized spacial score (nSPS) is 18.0. The minimum Gasteiger partial charge on any atom is -0.345 e. The fourth-order valence-electron chi connectivity index (χ4n) is 2.56. The number of benzene rings is 1. The van der Waals surface area contributed by atoms with E-state index < -0.39 is 10.0 Å². The van der Waals surface area contributed by atoms with E-state index in [0.29, 0.717) is 29.4 Å². The molecule has 0 aliphatic carbocycles. The first-order chi connectivity index (χ1) is 10.6. The van der Waals surface area contributed by atoms with Crippen molar-refractivity contribution in [3.63, 3.8) is 0 Å². The predicted molar refractivity (Wildman–Crippen MR) is 85.7 cm³/mol. The van der Waals surface area contributed by atoms with Crippen LogP contribution in [0.4, 0.5) is 5.82 Å². The fraction of sp³-hybridized carbons (Fsp3) is 0.188. The van der Waals surface area contributed by atoms with Crippen molar-refractivity contribution >= 4 is 15.8 Å². The Hall–Kier alpha value is -2.34. The molecule has 0 atom stereocenters. The van der Waals surface area contributed by atoms with Crippen LogP contribution in [-0.4, -0.2) is 24.3 Å². The molecule has 0 fully saturated rings. The van der Waals surface area contributed by atoms with Crippen molar-refractivity contribution in [2.24, 2.45) is 0 Å². The highest BCUT2D eigenvalue weighted by Crippen LogP contribution is 2.31. The average molecular weight is 315 g/mol. The van der Waals surface area contributed by atoms with Gasteiger partial charge in [-0.2, -0.15) is 0 Å². The van der Waals surface area contributed by atoms with Crippen LogP contribution in [0.3, 0.4) is 0 Å². The molecule has 0 saturated carbocycles. The molecule has 1 N–H and O–H groups in total. The highest BCUT2D eigenvalue weighted by atomic mass is 32.2. The quantitative estimate of drug-likeness (QED) is 0.946. The Morgan fingerprint density at radius 3 is 2.73 bits per heavy atom. The average Bonchev–Trinajstić information content (AvgIpc) is 2.54. The van der Waals surface area contributed by atoms with Gasteiger partial charge in [0, 0.05) is 31.1 Å². The summed E-state index contributed by atoms with van der Waals surface area (Å²) in [4.78, 5) is 4.57. The minimum atomic E-state index is -3.48. The molecule has 0 bridgehead atoms. The Morgan fingerprint density at radius 1 is 1.23 bits per heavy atom. The van der Waals surface area contributed by atoms with Crippen molar-refractivity contribution in [1.29, 1.82) is 0 Å². The number of allylic oxidation sites excluding steroid dienone is 1. The number of aromatic nitrogens is 1. The van der Waals surface area contributed by atoms with E-state index in [1.54, 1.807) is 24.5 Å². The van der Waals surface area contributed by atoms with Crippen LogP contribution in [0.15, 0.2) is 65.5 Å². The number of pyridine rings is 1. The highest BCUT2D eigenvalue weighted by Gasteiger charge is 2.32. The topological polar surface area (TPSA) is 62.3 Å². The molecule has 114 valence electrons. The number of likely N-dealkylation sites (N-methyl/N-ethyl adjacent to an activating group) is 1. The summed E-state index contributed by atoms with van der Waals surface area (Å²) < 4.78 is 26.8. The number of fused-ring (bicyclic) bond motifs is 1. The summed E-state index contributed by atoms with van der Waals surface area (Å²) in [6.07, 6.45) is 3.98. The molecule has 1 aliphatic rings. The lowest BCUT2D eigenvalue weighted by atomic mass is 10.1. The standard InChI is InChI=1S/C16H17N3O2S/c1-2-19-14(12-18-16-9-5-6-10-17-16)11-13-7-3-4-8-15(13)22(19,20)21/h3-10,12H,2,11H2,1H3,(H,17,18). The molecule has 0 amide bonds. The number of hydrogen-bond donors (Lipinski definition) is 1. The molecule has 0 saturated heterocycles. The van der Waals surface area contributed by atoms with E-state index in [1.807, 2.05) is 37.3 Å². The summed E-state index contributed by atoms with van der Waals surface area (Å²) in [6.45, 7) is 2.23. The first-order valence-electron chi connectivity index (χ1n) is 7.10. The summed E-state index contributed by atoms with van der Waals surface area (Å²) in [7, 11) is -3.48. The lowest BCUT2D eigenvalue weighted by molar-refractivity contribution is 0.471. The molecule has 0 unspecified atom stereocenters. The molecule has 6 heteroatoms. The third-order valence-corrected chi connectivity index (χ3v) is 5.60. The van der Waals surface area contributed by atoms with Gasteiger partial charge < -0.3 is 5.32 Å². The van der Waals surface area contributed by atoms with Gasteiger partial charge in [0.15, 0.2) is 0 Å². The van der Waals surface area contributed by atoms with Crippen LogP contribution in [-0.2, 0) is 16.4 Å². The summed E-state index contributed by atoms with van der Waals surface area (Å²) >= 11 is 0. The van der Waals surface area contributed by atoms with Crippen LogP contribution in [0.25, 0.3) is 0 Å². The molecule has 2 heterocycles. The SMILES string of the molecule is CCN1C(=CNc2ccccn2)Cc2ccccc2S1(=O)=O. The lowest BCUT2D eigenvalue weighted by Crippen LogP contribution is -2.35. The van der Waals surface area contributed by atoms with Crippen LogP contribution in [0.1, 0.15) is 12.5 Å². The highest BCUT2D eigenvalue weighted by molar-refractivity contribution is 7.89. The van der Waals surface area contributed by atoms with Crippen molar-refractivity contribution in [2.45, 2.75) is 18.2 Å².